The molecule has 0 bridgehead atoms. The van der Waals surface area contributed by atoms with Gasteiger partial charge in [0.15, 0.2) is 0 Å². The number of rotatable bonds is 11. The molecule has 12 heteroatoms. The standard InChI is InChI=1S/C21H28N3O8P/c1-14(2)19(23(33(29,30)31)13-22-15(3)25)20(26)24(18-10-7-11-32-18)17(21(27)28)12-16-8-5-4-6-9-16/h4-11,14,17,19H,12-13H2,1-3H3,(H,22,25)(H,27,28)(H2,29,30,31). The minimum atomic E-state index is -5.04. The molecule has 2 unspecified atom stereocenters. The number of amides is 2. The Hall–Kier alpha value is -2.98. The molecule has 2 rings (SSSR count). The van der Waals surface area contributed by atoms with Crippen LogP contribution in [0.15, 0.2) is 53.1 Å². The number of carboxylic acids is 1. The molecule has 2 aromatic rings. The summed E-state index contributed by atoms with van der Waals surface area (Å²) in [5, 5.41) is 12.3. The predicted octanol–water partition coefficient (Wildman–Crippen LogP) is 1.82. The summed E-state index contributed by atoms with van der Waals surface area (Å²) in [7, 11) is -5.04. The van der Waals surface area contributed by atoms with Crippen molar-refractivity contribution in [1.82, 2.24) is 9.99 Å². The van der Waals surface area contributed by atoms with E-state index < -0.39 is 50.2 Å². The van der Waals surface area contributed by atoms with Crippen LogP contribution in [0.4, 0.5) is 5.88 Å². The maximum atomic E-state index is 13.8. The number of hydrogen-bond acceptors (Lipinski definition) is 5. The fourth-order valence-electron chi connectivity index (χ4n) is 3.39. The van der Waals surface area contributed by atoms with Gasteiger partial charge < -0.3 is 24.6 Å². The average molecular weight is 481 g/mol. The van der Waals surface area contributed by atoms with E-state index in [-0.39, 0.29) is 12.3 Å². The van der Waals surface area contributed by atoms with Crippen LogP contribution in [-0.2, 0) is 25.4 Å². The molecular weight excluding hydrogens is 453 g/mol. The van der Waals surface area contributed by atoms with Crippen molar-refractivity contribution in [1.29, 1.82) is 0 Å². The van der Waals surface area contributed by atoms with E-state index in [1.807, 2.05) is 0 Å². The van der Waals surface area contributed by atoms with Gasteiger partial charge in [0.1, 0.15) is 12.1 Å². The van der Waals surface area contributed by atoms with Gasteiger partial charge in [-0.2, -0.15) is 4.67 Å². The molecule has 2 amide bonds. The predicted molar refractivity (Wildman–Crippen MR) is 119 cm³/mol. The summed E-state index contributed by atoms with van der Waals surface area (Å²) >= 11 is 0. The van der Waals surface area contributed by atoms with Gasteiger partial charge in [-0.15, -0.1) is 0 Å². The third-order valence-electron chi connectivity index (χ3n) is 4.88. The summed E-state index contributed by atoms with van der Waals surface area (Å²) in [6.07, 6.45) is 1.19. The van der Waals surface area contributed by atoms with Crippen LogP contribution in [-0.4, -0.2) is 56.1 Å². The van der Waals surface area contributed by atoms with Gasteiger partial charge in [-0.05, 0) is 17.5 Å². The molecule has 1 aromatic carbocycles. The molecule has 0 saturated heterocycles. The van der Waals surface area contributed by atoms with E-state index in [9.17, 15) is 33.8 Å². The van der Waals surface area contributed by atoms with Crippen molar-refractivity contribution in [3.8, 4) is 0 Å². The van der Waals surface area contributed by atoms with Crippen LogP contribution >= 0.6 is 7.75 Å². The zero-order chi connectivity index (χ0) is 24.8. The largest absolute Gasteiger partial charge is 0.480 e. The first-order chi connectivity index (χ1) is 15.4. The first kappa shape index (κ1) is 26.3. The molecule has 180 valence electrons. The SMILES string of the molecule is CC(=O)NCN(C(C(=O)N(c1ccco1)C(Cc1ccccc1)C(=O)O)C(C)C)P(=O)(O)O. The molecule has 0 aliphatic rings. The van der Waals surface area contributed by atoms with E-state index >= 15 is 0 Å². The van der Waals surface area contributed by atoms with E-state index in [1.165, 1.54) is 25.3 Å². The van der Waals surface area contributed by atoms with Crippen LogP contribution in [0.25, 0.3) is 0 Å². The molecule has 0 aliphatic heterocycles. The molecule has 0 radical (unpaired) electrons. The second kappa shape index (κ2) is 11.2. The Morgan fingerprint density at radius 3 is 2.18 bits per heavy atom. The third-order valence-corrected chi connectivity index (χ3v) is 5.94. The lowest BCUT2D eigenvalue weighted by Crippen LogP contribution is -2.57. The lowest BCUT2D eigenvalue weighted by molar-refractivity contribution is -0.141. The Kier molecular flexibility index (Phi) is 8.95. The van der Waals surface area contributed by atoms with Gasteiger partial charge in [0.25, 0.3) is 0 Å². The van der Waals surface area contributed by atoms with Crippen molar-refractivity contribution in [2.45, 2.75) is 39.3 Å². The van der Waals surface area contributed by atoms with Crippen molar-refractivity contribution in [3.63, 3.8) is 0 Å². The zero-order valence-corrected chi connectivity index (χ0v) is 19.4. The molecule has 1 heterocycles. The Labute approximate surface area is 191 Å². The molecule has 0 saturated carbocycles. The number of carbonyl (C=O) groups excluding carboxylic acids is 2. The highest BCUT2D eigenvalue weighted by atomic mass is 31.2. The van der Waals surface area contributed by atoms with E-state index in [2.05, 4.69) is 5.32 Å². The van der Waals surface area contributed by atoms with E-state index in [1.54, 1.807) is 44.2 Å². The Morgan fingerprint density at radius 2 is 1.73 bits per heavy atom. The highest BCUT2D eigenvalue weighted by Gasteiger charge is 2.44. The number of furan rings is 1. The summed E-state index contributed by atoms with van der Waals surface area (Å²) in [4.78, 5) is 58.2. The summed E-state index contributed by atoms with van der Waals surface area (Å²) in [6.45, 7) is 3.68. The highest BCUT2D eigenvalue weighted by Crippen LogP contribution is 2.43. The highest BCUT2D eigenvalue weighted by molar-refractivity contribution is 7.49. The third kappa shape index (κ3) is 7.00. The summed E-state index contributed by atoms with van der Waals surface area (Å²) in [5.74, 6) is -3.52. The molecule has 11 nitrogen and oxygen atoms in total. The molecule has 0 fully saturated rings. The quantitative estimate of drug-likeness (QED) is 0.277. The van der Waals surface area contributed by atoms with Crippen molar-refractivity contribution < 1.29 is 38.3 Å². The van der Waals surface area contributed by atoms with Crippen molar-refractivity contribution in [3.05, 3.63) is 54.3 Å². The fourth-order valence-corrected chi connectivity index (χ4v) is 4.34. The van der Waals surface area contributed by atoms with Crippen LogP contribution in [0, 0.1) is 5.92 Å². The molecular formula is C21H28N3O8P. The summed E-state index contributed by atoms with van der Waals surface area (Å²) in [6, 6.07) is 8.61. The second-order valence-electron chi connectivity index (χ2n) is 7.74. The van der Waals surface area contributed by atoms with E-state index in [0.29, 0.717) is 10.2 Å². The van der Waals surface area contributed by atoms with E-state index in [4.69, 9.17) is 4.42 Å². The normalized spacial score (nSPS) is 13.5. The lowest BCUT2D eigenvalue weighted by Gasteiger charge is -2.37. The number of nitrogens with one attached hydrogen (secondary N) is 1. The number of benzene rings is 1. The van der Waals surface area contributed by atoms with Crippen LogP contribution in [0.5, 0.6) is 0 Å². The second-order valence-corrected chi connectivity index (χ2v) is 9.28. The first-order valence-electron chi connectivity index (χ1n) is 10.1. The Morgan fingerprint density at radius 1 is 1.09 bits per heavy atom. The van der Waals surface area contributed by atoms with Gasteiger partial charge in [0.05, 0.1) is 12.9 Å². The number of carbonyl (C=O) groups is 3. The van der Waals surface area contributed by atoms with Crippen LogP contribution < -0.4 is 10.2 Å². The summed E-state index contributed by atoms with van der Waals surface area (Å²) < 4.78 is 18.1. The van der Waals surface area contributed by atoms with Gasteiger partial charge >= 0.3 is 13.7 Å². The lowest BCUT2D eigenvalue weighted by atomic mass is 9.99. The topological polar surface area (TPSA) is 161 Å². The van der Waals surface area contributed by atoms with Gasteiger partial charge in [0, 0.05) is 19.4 Å². The van der Waals surface area contributed by atoms with Crippen molar-refractivity contribution in [2.75, 3.05) is 11.6 Å². The van der Waals surface area contributed by atoms with E-state index in [0.717, 1.165) is 4.90 Å². The van der Waals surface area contributed by atoms with Gasteiger partial charge in [-0.25, -0.2) is 9.36 Å². The zero-order valence-electron chi connectivity index (χ0n) is 18.5. The molecule has 0 aliphatic carbocycles. The number of carboxylic acid groups (broad SMARTS) is 1. The van der Waals surface area contributed by atoms with Crippen LogP contribution in [0.3, 0.4) is 0 Å². The first-order valence-corrected chi connectivity index (χ1v) is 11.7. The minimum absolute atomic E-state index is 0.0744. The smallest absolute Gasteiger partial charge is 0.405 e. The van der Waals surface area contributed by atoms with Crippen molar-refractivity contribution >= 4 is 31.4 Å². The van der Waals surface area contributed by atoms with Crippen molar-refractivity contribution in [2.24, 2.45) is 5.92 Å². The number of aliphatic carboxylic acids is 1. The molecule has 1 aromatic heterocycles. The molecule has 33 heavy (non-hydrogen) atoms. The van der Waals surface area contributed by atoms with Gasteiger partial charge in [0.2, 0.25) is 17.7 Å². The minimum Gasteiger partial charge on any atom is -0.480 e. The molecule has 2 atom stereocenters. The maximum Gasteiger partial charge on any atom is 0.405 e. The maximum absolute atomic E-state index is 13.8. The Bertz CT molecular complexity index is 990. The number of anilines is 1. The molecule has 4 N–H and O–H groups in total. The Balaban J connectivity index is 2.55. The summed E-state index contributed by atoms with van der Waals surface area (Å²) in [5.41, 5.74) is 0.639. The van der Waals surface area contributed by atoms with Gasteiger partial charge in [-0.1, -0.05) is 44.2 Å². The average Bonchev–Trinajstić information content (AvgIpc) is 3.24. The van der Waals surface area contributed by atoms with Gasteiger partial charge in [-0.3, -0.25) is 14.5 Å². The molecule has 0 spiro atoms. The number of nitrogens with zero attached hydrogens (tertiary/aromatic N) is 2. The van der Waals surface area contributed by atoms with Crippen LogP contribution in [0.2, 0.25) is 0 Å². The number of hydrogen-bond donors (Lipinski definition) is 4. The van der Waals surface area contributed by atoms with Crippen LogP contribution in [0.1, 0.15) is 26.3 Å². The fraction of sp³-hybridized carbons (Fsp3) is 0.381. The monoisotopic (exact) mass is 481 g/mol.